The molecule has 0 saturated heterocycles. The molecule has 16 heavy (non-hydrogen) atoms. The van der Waals surface area contributed by atoms with Crippen LogP contribution in [0.1, 0.15) is 37.3 Å². The van der Waals surface area contributed by atoms with E-state index in [1.165, 1.54) is 0 Å². The number of furan rings is 1. The van der Waals surface area contributed by atoms with Crippen LogP contribution in [0.2, 0.25) is 0 Å². The molecule has 0 radical (unpaired) electrons. The van der Waals surface area contributed by atoms with Crippen LogP contribution < -0.4 is 5.73 Å². The third-order valence-electron chi connectivity index (χ3n) is 2.42. The second kappa shape index (κ2) is 4.49. The van der Waals surface area contributed by atoms with Crippen molar-refractivity contribution in [3.8, 4) is 11.6 Å². The van der Waals surface area contributed by atoms with E-state index in [1.807, 2.05) is 13.0 Å². The Kier molecular flexibility index (Phi) is 3.05. The van der Waals surface area contributed by atoms with Gasteiger partial charge in [0, 0.05) is 0 Å². The van der Waals surface area contributed by atoms with Crippen molar-refractivity contribution in [2.24, 2.45) is 5.73 Å². The second-order valence-corrected chi connectivity index (χ2v) is 3.78. The predicted molar refractivity (Wildman–Crippen MR) is 58.6 cm³/mol. The van der Waals surface area contributed by atoms with E-state index in [0.29, 0.717) is 17.5 Å². The van der Waals surface area contributed by atoms with Gasteiger partial charge in [-0.05, 0) is 25.0 Å². The normalized spacial score (nSPS) is 12.9. The molecule has 0 aliphatic carbocycles. The molecular formula is C11H15N3O2. The minimum absolute atomic E-state index is 0.193. The number of aromatic nitrogens is 2. The number of nitrogens with zero attached hydrogens (tertiary/aromatic N) is 2. The molecule has 86 valence electrons. The van der Waals surface area contributed by atoms with Crippen LogP contribution in [0, 0.1) is 6.92 Å². The van der Waals surface area contributed by atoms with E-state index in [4.69, 9.17) is 14.7 Å². The van der Waals surface area contributed by atoms with Crippen LogP contribution in [0.5, 0.6) is 0 Å². The standard InChI is InChI=1S/C11H15N3O2/c1-3-4-8(12)11-13-10(14-16-11)9-7(2)5-6-15-9/h5-6,8H,3-4,12H2,1-2H3. The fourth-order valence-electron chi connectivity index (χ4n) is 1.51. The van der Waals surface area contributed by atoms with E-state index < -0.39 is 0 Å². The summed E-state index contributed by atoms with van der Waals surface area (Å²) in [5, 5.41) is 3.86. The van der Waals surface area contributed by atoms with Gasteiger partial charge in [0.1, 0.15) is 0 Å². The van der Waals surface area contributed by atoms with Gasteiger partial charge in [0.15, 0.2) is 5.76 Å². The van der Waals surface area contributed by atoms with E-state index in [2.05, 4.69) is 17.1 Å². The Balaban J connectivity index is 2.23. The maximum absolute atomic E-state index is 5.88. The third-order valence-corrected chi connectivity index (χ3v) is 2.42. The molecule has 1 unspecified atom stereocenters. The lowest BCUT2D eigenvalue weighted by Crippen LogP contribution is -2.09. The molecule has 2 N–H and O–H groups in total. The van der Waals surface area contributed by atoms with Gasteiger partial charge in [0.05, 0.1) is 12.3 Å². The molecule has 2 rings (SSSR count). The Hall–Kier alpha value is -1.62. The summed E-state index contributed by atoms with van der Waals surface area (Å²) in [6.07, 6.45) is 3.42. The Bertz CT molecular complexity index is 461. The van der Waals surface area contributed by atoms with Crippen molar-refractivity contribution in [2.75, 3.05) is 0 Å². The molecule has 5 nitrogen and oxygen atoms in total. The summed E-state index contributed by atoms with van der Waals surface area (Å²) in [4.78, 5) is 4.24. The van der Waals surface area contributed by atoms with Gasteiger partial charge in [-0.25, -0.2) is 0 Å². The molecule has 2 aromatic heterocycles. The molecule has 2 aromatic rings. The van der Waals surface area contributed by atoms with Gasteiger partial charge in [0.2, 0.25) is 11.7 Å². The smallest absolute Gasteiger partial charge is 0.243 e. The highest BCUT2D eigenvalue weighted by Gasteiger charge is 2.17. The van der Waals surface area contributed by atoms with Crippen LogP contribution in [0.15, 0.2) is 21.3 Å². The molecule has 0 fully saturated rings. The summed E-state index contributed by atoms with van der Waals surface area (Å²) >= 11 is 0. The average Bonchev–Trinajstić information content (AvgIpc) is 2.86. The van der Waals surface area contributed by atoms with E-state index in [9.17, 15) is 0 Å². The largest absolute Gasteiger partial charge is 0.461 e. The lowest BCUT2D eigenvalue weighted by atomic mass is 10.2. The summed E-state index contributed by atoms with van der Waals surface area (Å²) < 4.78 is 10.4. The number of hydrogen-bond acceptors (Lipinski definition) is 5. The van der Waals surface area contributed by atoms with Crippen molar-refractivity contribution in [1.29, 1.82) is 0 Å². The lowest BCUT2D eigenvalue weighted by molar-refractivity contribution is 0.347. The molecule has 5 heteroatoms. The molecule has 0 aliphatic heterocycles. The van der Waals surface area contributed by atoms with Gasteiger partial charge in [-0.2, -0.15) is 4.98 Å². The van der Waals surface area contributed by atoms with Gasteiger partial charge >= 0.3 is 0 Å². The summed E-state index contributed by atoms with van der Waals surface area (Å²) in [6, 6.07) is 1.67. The van der Waals surface area contributed by atoms with Gasteiger partial charge in [-0.15, -0.1) is 0 Å². The van der Waals surface area contributed by atoms with Gasteiger partial charge < -0.3 is 14.7 Å². The molecular weight excluding hydrogens is 206 g/mol. The fraction of sp³-hybridized carbons (Fsp3) is 0.455. The Morgan fingerprint density at radius 3 is 2.94 bits per heavy atom. The maximum Gasteiger partial charge on any atom is 0.243 e. The first-order valence-corrected chi connectivity index (χ1v) is 5.36. The Morgan fingerprint density at radius 2 is 2.31 bits per heavy atom. The molecule has 1 atom stereocenters. The summed E-state index contributed by atoms with van der Waals surface area (Å²) in [5.74, 6) is 1.57. The second-order valence-electron chi connectivity index (χ2n) is 3.78. The van der Waals surface area contributed by atoms with Crippen molar-refractivity contribution >= 4 is 0 Å². The van der Waals surface area contributed by atoms with Crippen LogP contribution in [0.25, 0.3) is 11.6 Å². The van der Waals surface area contributed by atoms with Gasteiger partial charge in [-0.3, -0.25) is 0 Å². The quantitative estimate of drug-likeness (QED) is 0.857. The van der Waals surface area contributed by atoms with Crippen molar-refractivity contribution in [1.82, 2.24) is 10.1 Å². The molecule has 2 heterocycles. The van der Waals surface area contributed by atoms with E-state index in [1.54, 1.807) is 6.26 Å². The number of nitrogens with two attached hydrogens (primary N) is 1. The average molecular weight is 221 g/mol. The first kappa shape index (κ1) is 10.9. The summed E-state index contributed by atoms with van der Waals surface area (Å²) in [7, 11) is 0. The highest BCUT2D eigenvalue weighted by Crippen LogP contribution is 2.23. The third kappa shape index (κ3) is 1.99. The fourth-order valence-corrected chi connectivity index (χ4v) is 1.51. The Morgan fingerprint density at radius 1 is 1.50 bits per heavy atom. The van der Waals surface area contributed by atoms with Crippen LogP contribution in [0.4, 0.5) is 0 Å². The molecule has 0 spiro atoms. The van der Waals surface area contributed by atoms with Crippen LogP contribution in [-0.2, 0) is 0 Å². The van der Waals surface area contributed by atoms with E-state index >= 15 is 0 Å². The van der Waals surface area contributed by atoms with E-state index in [0.717, 1.165) is 18.4 Å². The molecule has 0 bridgehead atoms. The van der Waals surface area contributed by atoms with Crippen LogP contribution in [0.3, 0.4) is 0 Å². The van der Waals surface area contributed by atoms with Crippen LogP contribution >= 0.6 is 0 Å². The molecule has 0 aliphatic rings. The molecule has 0 amide bonds. The predicted octanol–water partition coefficient (Wildman–Crippen LogP) is 2.44. The highest BCUT2D eigenvalue weighted by atomic mass is 16.5. The molecule has 0 saturated carbocycles. The minimum atomic E-state index is -0.193. The topological polar surface area (TPSA) is 78.1 Å². The van der Waals surface area contributed by atoms with Gasteiger partial charge in [-0.1, -0.05) is 18.5 Å². The Labute approximate surface area is 93.6 Å². The zero-order chi connectivity index (χ0) is 11.5. The lowest BCUT2D eigenvalue weighted by Gasteiger charge is -2.01. The first-order valence-electron chi connectivity index (χ1n) is 5.36. The van der Waals surface area contributed by atoms with Crippen molar-refractivity contribution < 1.29 is 8.94 Å². The van der Waals surface area contributed by atoms with Crippen molar-refractivity contribution in [3.05, 3.63) is 23.8 Å². The van der Waals surface area contributed by atoms with Gasteiger partial charge in [0.25, 0.3) is 0 Å². The maximum atomic E-state index is 5.88. The summed E-state index contributed by atoms with van der Waals surface area (Å²) in [5.41, 5.74) is 6.87. The molecule has 0 aromatic carbocycles. The zero-order valence-corrected chi connectivity index (χ0v) is 9.43. The van der Waals surface area contributed by atoms with Crippen molar-refractivity contribution in [3.63, 3.8) is 0 Å². The SMILES string of the molecule is CCCC(N)c1nc(-c2occc2C)no1. The van der Waals surface area contributed by atoms with Crippen LogP contribution in [-0.4, -0.2) is 10.1 Å². The first-order chi connectivity index (χ1) is 7.72. The van der Waals surface area contributed by atoms with E-state index in [-0.39, 0.29) is 6.04 Å². The minimum Gasteiger partial charge on any atom is -0.461 e. The summed E-state index contributed by atoms with van der Waals surface area (Å²) in [6.45, 7) is 3.99. The number of aryl methyl sites for hydroxylation is 1. The zero-order valence-electron chi connectivity index (χ0n) is 9.43. The van der Waals surface area contributed by atoms with Crippen molar-refractivity contribution in [2.45, 2.75) is 32.7 Å². The monoisotopic (exact) mass is 221 g/mol. The number of rotatable bonds is 4. The highest BCUT2D eigenvalue weighted by molar-refractivity contribution is 5.50. The number of hydrogen-bond donors (Lipinski definition) is 1.